The van der Waals surface area contributed by atoms with Crippen LogP contribution in [0.15, 0.2) is 47.0 Å². The summed E-state index contributed by atoms with van der Waals surface area (Å²) in [5.41, 5.74) is 4.73. The molecule has 0 aliphatic carbocycles. The smallest absolute Gasteiger partial charge is 0.322 e. The van der Waals surface area contributed by atoms with Gasteiger partial charge in [0.2, 0.25) is 0 Å². The second kappa shape index (κ2) is 10.2. The van der Waals surface area contributed by atoms with Gasteiger partial charge in [0.05, 0.1) is 24.3 Å². The number of nitriles is 1. The van der Waals surface area contributed by atoms with E-state index in [4.69, 9.17) is 19.3 Å². The zero-order valence-corrected chi connectivity index (χ0v) is 22.9. The molecule has 1 unspecified atom stereocenters. The number of nitrogens with zero attached hydrogens (tertiary/aromatic N) is 4. The normalized spacial score (nSPS) is 18.6. The molecule has 2 amide bonds. The molecule has 1 atom stereocenters. The number of amides is 2. The third-order valence-electron chi connectivity index (χ3n) is 8.18. The number of carbonyl (C=O) groups is 1. The fourth-order valence-electron chi connectivity index (χ4n) is 6.12. The molecule has 10 heteroatoms. The highest BCUT2D eigenvalue weighted by atomic mass is 16.5. The van der Waals surface area contributed by atoms with E-state index in [0.717, 1.165) is 47.5 Å². The molecule has 2 aliphatic rings. The molecule has 4 heterocycles. The highest BCUT2D eigenvalue weighted by molar-refractivity contribution is 5.93. The Morgan fingerprint density at radius 1 is 1.20 bits per heavy atom. The summed E-state index contributed by atoms with van der Waals surface area (Å²) in [5.74, 6) is 2.14. The van der Waals surface area contributed by atoms with Crippen LogP contribution in [-0.2, 0) is 12.0 Å². The highest BCUT2D eigenvalue weighted by Gasteiger charge is 2.51. The van der Waals surface area contributed by atoms with Crippen LogP contribution in [0.5, 0.6) is 11.5 Å². The molecule has 0 bridgehead atoms. The predicted octanol–water partition coefficient (Wildman–Crippen LogP) is 4.72. The van der Waals surface area contributed by atoms with Gasteiger partial charge >= 0.3 is 6.03 Å². The van der Waals surface area contributed by atoms with Crippen molar-refractivity contribution in [1.82, 2.24) is 19.9 Å². The second-order valence-corrected chi connectivity index (χ2v) is 10.5. The second-order valence-electron chi connectivity index (χ2n) is 10.5. The maximum atomic E-state index is 13.9. The fourth-order valence-corrected chi connectivity index (χ4v) is 6.12. The summed E-state index contributed by atoms with van der Waals surface area (Å²) < 4.78 is 16.8. The molecule has 2 N–H and O–H groups in total. The van der Waals surface area contributed by atoms with E-state index in [2.05, 4.69) is 32.5 Å². The molecule has 2 aliphatic heterocycles. The molecule has 0 saturated carbocycles. The maximum absolute atomic E-state index is 13.9. The number of urea groups is 1. The number of H-pyrrole nitrogens is 1. The number of fused-ring (bicyclic) bond motifs is 4. The fraction of sp³-hybridized carbons (Fsp3) is 0.367. The van der Waals surface area contributed by atoms with Gasteiger partial charge < -0.3 is 29.2 Å². The predicted molar refractivity (Wildman–Crippen MR) is 150 cm³/mol. The summed E-state index contributed by atoms with van der Waals surface area (Å²) in [6, 6.07) is 15.2. The van der Waals surface area contributed by atoms with E-state index in [-0.39, 0.29) is 6.03 Å². The van der Waals surface area contributed by atoms with E-state index in [1.807, 2.05) is 36.1 Å². The molecule has 1 spiro atoms. The molecule has 4 aromatic rings. The maximum Gasteiger partial charge on any atom is 0.322 e. The molecule has 206 valence electrons. The van der Waals surface area contributed by atoms with Gasteiger partial charge in [-0.2, -0.15) is 5.26 Å². The Kier molecular flexibility index (Phi) is 6.60. The first-order valence-electron chi connectivity index (χ1n) is 13.5. The Morgan fingerprint density at radius 3 is 2.73 bits per heavy atom. The monoisotopic (exact) mass is 540 g/mol. The van der Waals surface area contributed by atoms with E-state index in [1.54, 1.807) is 26.2 Å². The van der Waals surface area contributed by atoms with Gasteiger partial charge in [-0.15, -0.1) is 0 Å². The number of rotatable bonds is 6. The number of ether oxygens (including phenoxy) is 2. The third-order valence-corrected chi connectivity index (χ3v) is 8.18. The van der Waals surface area contributed by atoms with Crippen molar-refractivity contribution in [2.75, 3.05) is 45.2 Å². The Hall–Kier alpha value is -4.49. The number of aromatic nitrogens is 2. The van der Waals surface area contributed by atoms with Crippen LogP contribution in [0.3, 0.4) is 0 Å². The summed E-state index contributed by atoms with van der Waals surface area (Å²) in [6.45, 7) is 6.93. The molecule has 2 aromatic carbocycles. The highest BCUT2D eigenvalue weighted by Crippen LogP contribution is 2.45. The molecule has 40 heavy (non-hydrogen) atoms. The van der Waals surface area contributed by atoms with Crippen LogP contribution in [0.2, 0.25) is 0 Å². The van der Waals surface area contributed by atoms with Gasteiger partial charge in [0.25, 0.3) is 0 Å². The number of likely N-dealkylation sites (tertiary alicyclic amines) is 1. The minimum Gasteiger partial charge on any atom is -0.497 e. The molecular weight excluding hydrogens is 508 g/mol. The Labute approximate surface area is 232 Å². The summed E-state index contributed by atoms with van der Waals surface area (Å²) >= 11 is 0. The van der Waals surface area contributed by atoms with Gasteiger partial charge in [-0.3, -0.25) is 4.90 Å². The minimum absolute atomic E-state index is 0.160. The Morgan fingerprint density at radius 2 is 2.00 bits per heavy atom. The van der Waals surface area contributed by atoms with Crippen LogP contribution >= 0.6 is 0 Å². The average Bonchev–Trinajstić information content (AvgIpc) is 3.66. The van der Waals surface area contributed by atoms with E-state index < -0.39 is 5.54 Å². The SMILES string of the molecule is COc1ccc2[nH]c3c(c2c1)CCN(C(=O)Nc1c(C)noc1C)C31CCN(CCOc2ccc(C#N)cc2)C1. The Bertz CT molecular complexity index is 1580. The van der Waals surface area contributed by atoms with E-state index in [1.165, 1.54) is 5.56 Å². The quantitative estimate of drug-likeness (QED) is 0.363. The van der Waals surface area contributed by atoms with Crippen molar-refractivity contribution in [2.45, 2.75) is 32.2 Å². The van der Waals surface area contributed by atoms with Gasteiger partial charge in [-0.1, -0.05) is 5.16 Å². The van der Waals surface area contributed by atoms with E-state index in [0.29, 0.717) is 48.9 Å². The Balaban J connectivity index is 1.28. The first kappa shape index (κ1) is 25.8. The first-order valence-corrected chi connectivity index (χ1v) is 13.5. The van der Waals surface area contributed by atoms with Crippen molar-refractivity contribution in [2.24, 2.45) is 0 Å². The molecule has 1 saturated heterocycles. The average molecular weight is 541 g/mol. The molecule has 0 radical (unpaired) electrons. The van der Waals surface area contributed by atoms with Crippen molar-refractivity contribution in [3.8, 4) is 17.6 Å². The topological polar surface area (TPSA) is 120 Å². The molecule has 6 rings (SSSR count). The van der Waals surface area contributed by atoms with Gasteiger partial charge in [0.1, 0.15) is 29.5 Å². The number of hydrogen-bond acceptors (Lipinski definition) is 7. The minimum atomic E-state index is -0.530. The van der Waals surface area contributed by atoms with Crippen molar-refractivity contribution in [1.29, 1.82) is 5.26 Å². The van der Waals surface area contributed by atoms with Gasteiger partial charge in [0, 0.05) is 42.8 Å². The van der Waals surface area contributed by atoms with Crippen molar-refractivity contribution in [3.63, 3.8) is 0 Å². The van der Waals surface area contributed by atoms with Crippen molar-refractivity contribution < 1.29 is 18.8 Å². The van der Waals surface area contributed by atoms with Crippen LogP contribution in [-0.4, -0.2) is 65.9 Å². The van der Waals surface area contributed by atoms with Gasteiger partial charge in [-0.05, 0) is 74.7 Å². The standard InChI is InChI=1S/C30H32N6O4/c1-19-27(20(2)40-34-19)33-29(37)36-12-10-24-25-16-23(38-3)8-9-26(25)32-28(24)30(36)11-13-35(18-30)14-15-39-22-6-4-21(17-31)5-7-22/h4-9,16,32H,10-15,18H2,1-3H3,(H,33,37). The van der Waals surface area contributed by atoms with Crippen LogP contribution in [0.4, 0.5) is 10.5 Å². The summed E-state index contributed by atoms with van der Waals surface area (Å²) in [5, 5.41) is 17.2. The molecule has 1 fully saturated rings. The van der Waals surface area contributed by atoms with Crippen LogP contribution < -0.4 is 14.8 Å². The number of carbonyl (C=O) groups excluding carboxylic acids is 1. The molecular formula is C30H32N6O4. The van der Waals surface area contributed by atoms with Gasteiger partial charge in [0.15, 0.2) is 5.76 Å². The lowest BCUT2D eigenvalue weighted by molar-refractivity contribution is 0.107. The third kappa shape index (κ3) is 4.42. The number of aromatic amines is 1. The number of anilines is 1. The van der Waals surface area contributed by atoms with E-state index >= 15 is 0 Å². The van der Waals surface area contributed by atoms with Crippen molar-refractivity contribution >= 4 is 22.6 Å². The van der Waals surface area contributed by atoms with Crippen LogP contribution in [0, 0.1) is 25.2 Å². The molecule has 10 nitrogen and oxygen atoms in total. The largest absolute Gasteiger partial charge is 0.497 e. The zero-order valence-electron chi connectivity index (χ0n) is 22.9. The number of benzene rings is 2. The molecule has 2 aromatic heterocycles. The number of nitrogens with one attached hydrogen (secondary N) is 2. The lowest BCUT2D eigenvalue weighted by Gasteiger charge is -2.44. The van der Waals surface area contributed by atoms with Crippen LogP contribution in [0.25, 0.3) is 10.9 Å². The number of hydrogen-bond donors (Lipinski definition) is 2. The van der Waals surface area contributed by atoms with Crippen LogP contribution in [0.1, 0.15) is 34.7 Å². The van der Waals surface area contributed by atoms with E-state index in [9.17, 15) is 4.79 Å². The first-order chi connectivity index (χ1) is 19.4. The van der Waals surface area contributed by atoms with Crippen molar-refractivity contribution in [3.05, 3.63) is 70.7 Å². The lowest BCUT2D eigenvalue weighted by Crippen LogP contribution is -2.56. The zero-order chi connectivity index (χ0) is 27.9. The number of methoxy groups -OCH3 is 1. The summed E-state index contributed by atoms with van der Waals surface area (Å²) in [7, 11) is 1.68. The van der Waals surface area contributed by atoms with Gasteiger partial charge in [-0.25, -0.2) is 4.79 Å². The summed E-state index contributed by atoms with van der Waals surface area (Å²) in [6.07, 6.45) is 1.52. The lowest BCUT2D eigenvalue weighted by atomic mass is 9.84. The summed E-state index contributed by atoms with van der Waals surface area (Å²) in [4.78, 5) is 21.9. The number of aryl methyl sites for hydroxylation is 2.